The number of aryl methyl sites for hydroxylation is 2. The summed E-state index contributed by atoms with van der Waals surface area (Å²) in [6.45, 7) is 11.9. The second-order valence-corrected chi connectivity index (χ2v) is 12.9. The number of ether oxygens (including phenoxy) is 2. The van der Waals surface area contributed by atoms with Gasteiger partial charge in [-0.1, -0.05) is 32.9 Å². The Kier molecular flexibility index (Phi) is 11.2. The van der Waals surface area contributed by atoms with Gasteiger partial charge in [0.1, 0.15) is 28.9 Å². The Morgan fingerprint density at radius 2 is 1.88 bits per heavy atom. The number of benzene rings is 1. The number of aliphatic imine (C=N–C) groups is 1. The van der Waals surface area contributed by atoms with Crippen LogP contribution in [0.4, 0.5) is 11.4 Å². The van der Waals surface area contributed by atoms with Gasteiger partial charge in [0, 0.05) is 37.2 Å². The summed E-state index contributed by atoms with van der Waals surface area (Å²) in [4.78, 5) is 43.9. The average molecular weight is 662 g/mol. The number of nitrogens with zero attached hydrogens (tertiary/aromatic N) is 4. The molecule has 1 aliphatic carbocycles. The Morgan fingerprint density at radius 1 is 1.12 bits per heavy atom. The van der Waals surface area contributed by atoms with Crippen molar-refractivity contribution in [1.82, 2.24) is 20.0 Å². The molecule has 1 aliphatic heterocycles. The summed E-state index contributed by atoms with van der Waals surface area (Å²) in [5.74, 6) is -0.327. The zero-order valence-corrected chi connectivity index (χ0v) is 28.6. The number of nitrogens with two attached hydrogens (primary N) is 3. The number of nitrogens with one attached hydrogen (secondary N) is 2. The van der Waals surface area contributed by atoms with Crippen molar-refractivity contribution in [2.45, 2.75) is 66.5 Å². The van der Waals surface area contributed by atoms with Gasteiger partial charge in [-0.2, -0.15) is 5.10 Å². The normalized spacial score (nSPS) is 16.0. The summed E-state index contributed by atoms with van der Waals surface area (Å²) in [6, 6.07) is 4.36. The topological polar surface area (TPSA) is 205 Å². The van der Waals surface area contributed by atoms with Gasteiger partial charge in [-0.05, 0) is 56.4 Å². The van der Waals surface area contributed by atoms with E-state index in [4.69, 9.17) is 31.7 Å². The maximum absolute atomic E-state index is 13.4. The van der Waals surface area contributed by atoms with Crippen LogP contribution in [0.3, 0.4) is 0 Å². The van der Waals surface area contributed by atoms with Crippen molar-refractivity contribution in [3.8, 4) is 5.75 Å². The highest BCUT2D eigenvalue weighted by Crippen LogP contribution is 2.35. The molecule has 0 bridgehead atoms. The number of allylic oxidation sites excluding steroid dienone is 1. The lowest BCUT2D eigenvalue weighted by Crippen LogP contribution is -2.42. The van der Waals surface area contributed by atoms with Crippen molar-refractivity contribution >= 4 is 35.1 Å². The molecular weight excluding hydrogens is 614 g/mol. The number of aromatic nitrogens is 2. The van der Waals surface area contributed by atoms with Crippen LogP contribution >= 0.6 is 0 Å². The van der Waals surface area contributed by atoms with Crippen molar-refractivity contribution < 1.29 is 23.9 Å². The van der Waals surface area contributed by atoms with Gasteiger partial charge in [0.05, 0.1) is 30.8 Å². The number of carbonyl (C=O) groups excluding carboxylic acids is 3. The van der Waals surface area contributed by atoms with Gasteiger partial charge < -0.3 is 36.9 Å². The number of guanidine groups is 1. The van der Waals surface area contributed by atoms with Crippen molar-refractivity contribution in [3.05, 3.63) is 70.4 Å². The molecule has 2 heterocycles. The number of amides is 3. The minimum absolute atomic E-state index is 0.168. The van der Waals surface area contributed by atoms with E-state index in [-0.39, 0.29) is 23.3 Å². The first-order valence-corrected chi connectivity index (χ1v) is 16.0. The van der Waals surface area contributed by atoms with Crippen LogP contribution in [0, 0.1) is 12.3 Å². The van der Waals surface area contributed by atoms with E-state index in [1.807, 2.05) is 30.9 Å². The smallest absolute Gasteiger partial charge is 0.276 e. The van der Waals surface area contributed by atoms with Crippen molar-refractivity contribution in [1.29, 1.82) is 0 Å². The number of nitrogen functional groups attached to an aromatic ring is 1. The molecule has 1 aromatic heterocycles. The second kappa shape index (κ2) is 15.1. The van der Waals surface area contributed by atoms with Crippen molar-refractivity contribution in [3.63, 3.8) is 0 Å². The Bertz CT molecular complexity index is 1680. The fraction of sp³-hybridized carbons (Fsp3) is 0.441. The van der Waals surface area contributed by atoms with Crippen molar-refractivity contribution in [2.75, 3.05) is 37.9 Å². The van der Waals surface area contributed by atoms with E-state index in [0.717, 1.165) is 18.5 Å². The van der Waals surface area contributed by atoms with Gasteiger partial charge in [0.15, 0.2) is 0 Å². The van der Waals surface area contributed by atoms with Gasteiger partial charge in [-0.15, -0.1) is 0 Å². The summed E-state index contributed by atoms with van der Waals surface area (Å²) < 4.78 is 13.3. The Hall–Kier alpha value is -5.27. The van der Waals surface area contributed by atoms with Crippen LogP contribution in [-0.4, -0.2) is 71.2 Å². The molecule has 8 N–H and O–H groups in total. The predicted octanol–water partition coefficient (Wildman–Crippen LogP) is 3.21. The van der Waals surface area contributed by atoms with Crippen LogP contribution in [0.25, 0.3) is 0 Å². The lowest BCUT2D eigenvalue weighted by atomic mass is 9.91. The first-order chi connectivity index (χ1) is 22.7. The molecule has 1 unspecified atom stereocenters. The van der Waals surface area contributed by atoms with Crippen LogP contribution in [0.15, 0.2) is 58.4 Å². The number of fused-ring (bicyclic) bond motifs is 1. The van der Waals surface area contributed by atoms with E-state index in [2.05, 4.69) is 36.5 Å². The molecule has 48 heavy (non-hydrogen) atoms. The molecule has 1 atom stereocenters. The number of anilines is 2. The van der Waals surface area contributed by atoms with E-state index in [0.29, 0.717) is 72.0 Å². The highest BCUT2D eigenvalue weighted by atomic mass is 16.5. The zero-order valence-electron chi connectivity index (χ0n) is 28.6. The number of hydrogen-bond donors (Lipinski definition) is 5. The molecule has 2 aromatic rings. The second-order valence-electron chi connectivity index (χ2n) is 12.9. The third-order valence-corrected chi connectivity index (χ3v) is 7.90. The Balaban J connectivity index is 1.53. The number of primary amides is 2. The summed E-state index contributed by atoms with van der Waals surface area (Å²) in [6.07, 6.45) is 7.48. The lowest BCUT2D eigenvalue weighted by molar-refractivity contribution is -0.114. The van der Waals surface area contributed by atoms with E-state index >= 15 is 0 Å². The van der Waals surface area contributed by atoms with Crippen LogP contribution in [0.1, 0.15) is 73.5 Å². The molecule has 14 heteroatoms. The van der Waals surface area contributed by atoms with Gasteiger partial charge >= 0.3 is 0 Å². The molecule has 3 amide bonds. The zero-order chi connectivity index (χ0) is 35.2. The minimum Gasteiger partial charge on any atom is -0.495 e. The molecule has 0 radical (unpaired) electrons. The Morgan fingerprint density at radius 3 is 2.52 bits per heavy atom. The maximum Gasteiger partial charge on any atom is 0.276 e. The Labute approximate surface area is 281 Å². The quantitative estimate of drug-likeness (QED) is 0.114. The molecular formula is C34H47N9O5. The first kappa shape index (κ1) is 35.6. The molecule has 1 aromatic carbocycles. The lowest BCUT2D eigenvalue weighted by Gasteiger charge is -2.27. The fourth-order valence-corrected chi connectivity index (χ4v) is 5.56. The minimum atomic E-state index is -0.597. The van der Waals surface area contributed by atoms with Gasteiger partial charge in [-0.3, -0.25) is 24.4 Å². The SMILES string of the molecule is CCn1nc(C)cc1C(=O)NC1=NC2CC(C(N)=O)=CC(OC)=C2N1C/C=C/CNc1c(N)cc(C(N)=O)cc1OCCCC(C)(C)C. The average Bonchev–Trinajstić information content (AvgIpc) is 3.58. The van der Waals surface area contributed by atoms with E-state index in [1.165, 1.54) is 13.2 Å². The summed E-state index contributed by atoms with van der Waals surface area (Å²) >= 11 is 0. The molecule has 0 saturated heterocycles. The summed E-state index contributed by atoms with van der Waals surface area (Å²) in [5.41, 5.74) is 21.0. The molecule has 258 valence electrons. The molecule has 0 spiro atoms. The number of hydrogen-bond acceptors (Lipinski definition) is 10. The number of methoxy groups -OCH3 is 1. The van der Waals surface area contributed by atoms with Crippen LogP contribution in [0.5, 0.6) is 5.75 Å². The van der Waals surface area contributed by atoms with Gasteiger partial charge in [0.2, 0.25) is 17.8 Å². The van der Waals surface area contributed by atoms with Gasteiger partial charge in [-0.25, -0.2) is 4.99 Å². The van der Waals surface area contributed by atoms with E-state index < -0.39 is 17.9 Å². The molecule has 0 fully saturated rings. The fourth-order valence-electron chi connectivity index (χ4n) is 5.56. The first-order valence-electron chi connectivity index (χ1n) is 16.0. The standard InChI is InChI=1S/C34H47N9O5/c1-7-43-25(15-20(2)41-43)32(46)40-33-39-24-17-22(31(37)45)19-27(47-6)29(24)42(33)13-9-8-12-38-28-23(35)16-21(30(36)44)18-26(28)48-14-10-11-34(3,4)5/h8-9,15-16,18-19,24,38H,7,10-14,17,35H2,1-6H3,(H2,36,44)(H2,37,45)(H,39,40,46)/b9-8+. The summed E-state index contributed by atoms with van der Waals surface area (Å²) in [5, 5.41) is 10.6. The molecule has 0 saturated carbocycles. The van der Waals surface area contributed by atoms with Crippen LogP contribution < -0.4 is 32.6 Å². The molecule has 4 rings (SSSR count). The van der Waals surface area contributed by atoms with E-state index in [9.17, 15) is 14.4 Å². The van der Waals surface area contributed by atoms with Crippen molar-refractivity contribution in [2.24, 2.45) is 21.9 Å². The van der Waals surface area contributed by atoms with Crippen LogP contribution in [-0.2, 0) is 16.1 Å². The summed E-state index contributed by atoms with van der Waals surface area (Å²) in [7, 11) is 1.51. The monoisotopic (exact) mass is 661 g/mol. The number of carbonyl (C=O) groups is 3. The number of rotatable bonds is 14. The van der Waals surface area contributed by atoms with Crippen LogP contribution in [0.2, 0.25) is 0 Å². The van der Waals surface area contributed by atoms with Gasteiger partial charge in [0.25, 0.3) is 5.91 Å². The maximum atomic E-state index is 13.4. The highest BCUT2D eigenvalue weighted by molar-refractivity contribution is 6.06. The third kappa shape index (κ3) is 8.55. The molecule has 14 nitrogen and oxygen atoms in total. The van der Waals surface area contributed by atoms with E-state index in [1.54, 1.807) is 22.9 Å². The largest absolute Gasteiger partial charge is 0.495 e. The highest BCUT2D eigenvalue weighted by Gasteiger charge is 2.38. The third-order valence-electron chi connectivity index (χ3n) is 7.90. The molecule has 2 aliphatic rings. The predicted molar refractivity (Wildman–Crippen MR) is 185 cm³/mol.